The molecule has 25 heavy (non-hydrogen) atoms. The molecule has 0 aliphatic carbocycles. The van der Waals surface area contributed by atoms with Crippen molar-refractivity contribution in [2.24, 2.45) is 0 Å². The molecule has 0 bridgehead atoms. The summed E-state index contributed by atoms with van der Waals surface area (Å²) >= 11 is 0. The Labute approximate surface area is 147 Å². The molecule has 0 fully saturated rings. The molecule has 0 spiro atoms. The van der Waals surface area contributed by atoms with Crippen molar-refractivity contribution in [3.8, 4) is 11.5 Å². The van der Waals surface area contributed by atoms with Crippen molar-refractivity contribution >= 4 is 11.7 Å². The first-order chi connectivity index (χ1) is 12.0. The average molecular weight is 346 g/mol. The molecule has 2 aromatic rings. The van der Waals surface area contributed by atoms with Gasteiger partial charge in [-0.3, -0.25) is 0 Å². The minimum absolute atomic E-state index is 0.0975. The van der Waals surface area contributed by atoms with Crippen LogP contribution in [0.3, 0.4) is 0 Å². The number of anilines is 1. The van der Waals surface area contributed by atoms with Crippen molar-refractivity contribution in [1.82, 2.24) is 5.32 Å². The molecular weight excluding hydrogens is 323 g/mol. The lowest BCUT2D eigenvalue weighted by molar-refractivity contribution is 0.249. The third-order valence-corrected chi connectivity index (χ3v) is 3.54. The second-order valence-electron chi connectivity index (χ2n) is 5.63. The van der Waals surface area contributed by atoms with Gasteiger partial charge in [-0.1, -0.05) is 12.1 Å². The second kappa shape index (κ2) is 8.92. The minimum Gasteiger partial charge on any atom is -0.497 e. The molecule has 0 aliphatic heterocycles. The van der Waals surface area contributed by atoms with E-state index in [0.29, 0.717) is 18.7 Å². The van der Waals surface area contributed by atoms with E-state index in [1.165, 1.54) is 12.1 Å². The van der Waals surface area contributed by atoms with Gasteiger partial charge < -0.3 is 20.1 Å². The third-order valence-electron chi connectivity index (χ3n) is 3.54. The van der Waals surface area contributed by atoms with Gasteiger partial charge in [0.1, 0.15) is 5.75 Å². The van der Waals surface area contributed by atoms with E-state index in [-0.39, 0.29) is 17.8 Å². The first-order valence-electron chi connectivity index (χ1n) is 8.14. The molecule has 0 saturated carbocycles. The summed E-state index contributed by atoms with van der Waals surface area (Å²) in [6, 6.07) is 11.5. The molecule has 134 valence electrons. The highest BCUT2D eigenvalue weighted by molar-refractivity contribution is 5.89. The molecule has 6 heteroatoms. The van der Waals surface area contributed by atoms with Crippen LogP contribution in [0.1, 0.15) is 19.4 Å². The fourth-order valence-electron chi connectivity index (χ4n) is 2.45. The smallest absolute Gasteiger partial charge is 0.319 e. The minimum atomic E-state index is -0.510. The lowest BCUT2D eigenvalue weighted by Crippen LogP contribution is -2.37. The van der Waals surface area contributed by atoms with Crippen LogP contribution in [0.5, 0.6) is 11.5 Å². The summed E-state index contributed by atoms with van der Waals surface area (Å²) in [5.74, 6) is 0.433. The number of ether oxygens (including phenoxy) is 2. The summed E-state index contributed by atoms with van der Waals surface area (Å²) in [6.07, 6.45) is 0.655. The number of halogens is 1. The van der Waals surface area contributed by atoms with E-state index < -0.39 is 5.82 Å². The summed E-state index contributed by atoms with van der Waals surface area (Å²) < 4.78 is 24.1. The Bertz CT molecular complexity index is 722. The maximum absolute atomic E-state index is 13.8. The summed E-state index contributed by atoms with van der Waals surface area (Å²) in [4.78, 5) is 12.1. The fourth-order valence-corrected chi connectivity index (χ4v) is 2.45. The Morgan fingerprint density at radius 1 is 1.24 bits per heavy atom. The zero-order valence-corrected chi connectivity index (χ0v) is 14.6. The van der Waals surface area contributed by atoms with Crippen molar-refractivity contribution in [2.75, 3.05) is 19.0 Å². The van der Waals surface area contributed by atoms with Crippen LogP contribution in [0.25, 0.3) is 0 Å². The summed E-state index contributed by atoms with van der Waals surface area (Å²) in [6.45, 7) is 4.06. The van der Waals surface area contributed by atoms with Crippen LogP contribution in [0.15, 0.2) is 42.5 Å². The Morgan fingerprint density at radius 2 is 2.04 bits per heavy atom. The van der Waals surface area contributed by atoms with Crippen LogP contribution in [0.4, 0.5) is 14.9 Å². The van der Waals surface area contributed by atoms with Gasteiger partial charge in [0.15, 0.2) is 11.6 Å². The normalized spacial score (nSPS) is 11.5. The van der Waals surface area contributed by atoms with Gasteiger partial charge in [0.05, 0.1) is 13.7 Å². The number of methoxy groups -OCH3 is 1. The number of nitrogens with one attached hydrogen (secondary N) is 2. The van der Waals surface area contributed by atoms with E-state index in [4.69, 9.17) is 9.47 Å². The molecule has 1 atom stereocenters. The number of rotatable bonds is 7. The van der Waals surface area contributed by atoms with Crippen LogP contribution >= 0.6 is 0 Å². The molecule has 0 heterocycles. The highest BCUT2D eigenvalue weighted by Gasteiger charge is 2.10. The lowest BCUT2D eigenvalue weighted by atomic mass is 10.1. The number of hydrogen-bond acceptors (Lipinski definition) is 3. The van der Waals surface area contributed by atoms with Gasteiger partial charge in [-0.25, -0.2) is 9.18 Å². The van der Waals surface area contributed by atoms with Crippen LogP contribution in [-0.4, -0.2) is 25.8 Å². The van der Waals surface area contributed by atoms with Crippen molar-refractivity contribution in [2.45, 2.75) is 26.3 Å². The topological polar surface area (TPSA) is 59.6 Å². The van der Waals surface area contributed by atoms with Crippen LogP contribution in [0.2, 0.25) is 0 Å². The van der Waals surface area contributed by atoms with Gasteiger partial charge >= 0.3 is 6.03 Å². The van der Waals surface area contributed by atoms with Gasteiger partial charge in [-0.2, -0.15) is 0 Å². The van der Waals surface area contributed by atoms with E-state index in [2.05, 4.69) is 10.6 Å². The zero-order chi connectivity index (χ0) is 18.2. The van der Waals surface area contributed by atoms with Gasteiger partial charge in [0.2, 0.25) is 0 Å². The summed E-state index contributed by atoms with van der Waals surface area (Å²) in [5, 5.41) is 5.45. The molecule has 0 saturated heterocycles. The first kappa shape index (κ1) is 18.6. The number of carbonyl (C=O) groups is 1. The largest absolute Gasteiger partial charge is 0.497 e. The predicted octanol–water partition coefficient (Wildman–Crippen LogP) is 3.99. The van der Waals surface area contributed by atoms with Crippen LogP contribution < -0.4 is 20.1 Å². The Hall–Kier alpha value is -2.76. The third kappa shape index (κ3) is 5.67. The van der Waals surface area contributed by atoms with Gasteiger partial charge in [-0.15, -0.1) is 0 Å². The summed E-state index contributed by atoms with van der Waals surface area (Å²) in [5.41, 5.74) is 1.42. The number of hydrogen-bond donors (Lipinski definition) is 2. The Morgan fingerprint density at radius 3 is 2.72 bits per heavy atom. The van der Waals surface area contributed by atoms with Crippen molar-refractivity contribution in [1.29, 1.82) is 0 Å². The molecule has 2 rings (SSSR count). The highest BCUT2D eigenvalue weighted by atomic mass is 19.1. The van der Waals surface area contributed by atoms with Crippen LogP contribution in [-0.2, 0) is 6.42 Å². The average Bonchev–Trinajstić information content (AvgIpc) is 2.57. The Kier molecular flexibility index (Phi) is 6.62. The molecule has 0 radical (unpaired) electrons. The zero-order valence-electron chi connectivity index (χ0n) is 14.6. The molecule has 2 aromatic carbocycles. The van der Waals surface area contributed by atoms with Crippen LogP contribution in [0, 0.1) is 5.82 Å². The van der Waals surface area contributed by atoms with Gasteiger partial charge in [0, 0.05) is 17.8 Å². The number of urea groups is 1. The molecule has 0 aliphatic rings. The predicted molar refractivity (Wildman–Crippen MR) is 95.9 cm³/mol. The first-order valence-corrected chi connectivity index (χ1v) is 8.14. The van der Waals surface area contributed by atoms with E-state index in [9.17, 15) is 9.18 Å². The van der Waals surface area contributed by atoms with Crippen molar-refractivity contribution in [3.63, 3.8) is 0 Å². The van der Waals surface area contributed by atoms with Gasteiger partial charge in [-0.05, 0) is 50.1 Å². The van der Waals surface area contributed by atoms with E-state index in [0.717, 1.165) is 11.3 Å². The fraction of sp³-hybridized carbons (Fsp3) is 0.316. The SMILES string of the molecule is CCOc1ccc(NC(=O)NC(C)Cc2cccc(OC)c2)cc1F. The van der Waals surface area contributed by atoms with E-state index in [1.807, 2.05) is 31.2 Å². The number of amides is 2. The quantitative estimate of drug-likeness (QED) is 0.797. The van der Waals surface area contributed by atoms with Crippen molar-refractivity contribution < 1.29 is 18.7 Å². The standard InChI is InChI=1S/C19H23FN2O3/c1-4-25-18-9-8-15(12-17(18)20)22-19(23)21-13(2)10-14-6-5-7-16(11-14)24-3/h5-9,11-13H,4,10H2,1-3H3,(H2,21,22,23). The Balaban J connectivity index is 1.89. The monoisotopic (exact) mass is 346 g/mol. The maximum atomic E-state index is 13.8. The number of benzene rings is 2. The highest BCUT2D eigenvalue weighted by Crippen LogP contribution is 2.21. The second-order valence-corrected chi connectivity index (χ2v) is 5.63. The molecule has 2 amide bonds. The van der Waals surface area contributed by atoms with Crippen molar-refractivity contribution in [3.05, 3.63) is 53.8 Å². The van der Waals surface area contributed by atoms with Gasteiger partial charge in [0.25, 0.3) is 0 Å². The molecule has 1 unspecified atom stereocenters. The molecule has 0 aromatic heterocycles. The molecular formula is C19H23FN2O3. The molecule has 2 N–H and O–H groups in total. The maximum Gasteiger partial charge on any atom is 0.319 e. The molecule has 5 nitrogen and oxygen atoms in total. The van der Waals surface area contributed by atoms with E-state index in [1.54, 1.807) is 20.1 Å². The summed E-state index contributed by atoms with van der Waals surface area (Å²) in [7, 11) is 1.62. The number of carbonyl (C=O) groups excluding carboxylic acids is 1. The lowest BCUT2D eigenvalue weighted by Gasteiger charge is -2.15. The van der Waals surface area contributed by atoms with E-state index >= 15 is 0 Å².